The summed E-state index contributed by atoms with van der Waals surface area (Å²) < 4.78 is 111. The van der Waals surface area contributed by atoms with E-state index in [1.54, 1.807) is 25.1 Å². The smallest absolute Gasteiger partial charge is 0.411 e. The van der Waals surface area contributed by atoms with E-state index in [0.717, 1.165) is 11.0 Å². The van der Waals surface area contributed by atoms with E-state index in [-0.39, 0.29) is 59.9 Å². The number of fused-ring (bicyclic) bond motifs is 3. The molecule has 1 aromatic heterocycles. The molecule has 4 aliphatic rings. The van der Waals surface area contributed by atoms with E-state index in [0.29, 0.717) is 32.1 Å². The third-order valence-electron chi connectivity index (χ3n) is 12.3. The summed E-state index contributed by atoms with van der Waals surface area (Å²) in [6.45, 7) is 2.83. The quantitative estimate of drug-likeness (QED) is 0.222. The van der Waals surface area contributed by atoms with Gasteiger partial charge < -0.3 is 24.8 Å². The highest BCUT2D eigenvalue weighted by molar-refractivity contribution is 7.91. The van der Waals surface area contributed by atoms with Crippen molar-refractivity contribution in [3.05, 3.63) is 42.4 Å². The average Bonchev–Trinajstić information content (AvgIpc) is 4.05. The predicted molar refractivity (Wildman–Crippen MR) is 202 cm³/mol. The number of nitrogens with zero attached hydrogens (tertiary/aromatic N) is 3. The van der Waals surface area contributed by atoms with Crippen molar-refractivity contribution >= 4 is 44.6 Å². The van der Waals surface area contributed by atoms with Gasteiger partial charge in [0.1, 0.15) is 40.7 Å². The molecule has 3 N–H and O–H groups in total. The van der Waals surface area contributed by atoms with Gasteiger partial charge in [0.2, 0.25) is 27.7 Å². The highest BCUT2D eigenvalue weighted by Crippen LogP contribution is 2.48. The standard InChI is InChI=1S/C39H48F5N5O9S/c1-21-8-6-7-9-24-18-38(24,34(52)47-59(55,56)37(20-40)11-12-37)46-31(50)28-16-25(58-32-26-17-27(41)29(57-5)15-23(26)10-13-45-32)19-48(28)33(51)30(22(2)14-21)49(35(53)54)36(3,4)39(42,43)44/h7,9-10,13,15,17,21-22,24-25,28,30H,6,8,11-12,14,16,18-20H2,1-5H3,(H,46,50)(H,47,52)(H,53,54)/t21-,22+,24+,25+,28-,30-,38+/m0/s1. The van der Waals surface area contributed by atoms with E-state index >= 15 is 0 Å². The summed E-state index contributed by atoms with van der Waals surface area (Å²) in [6, 6.07) is 0.476. The maximum atomic E-state index is 14.9. The number of pyridine rings is 1. The molecule has 1 saturated heterocycles. The lowest BCUT2D eigenvalue weighted by Gasteiger charge is -2.45. The van der Waals surface area contributed by atoms with Crippen LogP contribution < -0.4 is 19.5 Å². The summed E-state index contributed by atoms with van der Waals surface area (Å²) in [4.78, 5) is 61.5. The lowest BCUT2D eigenvalue weighted by molar-refractivity contribution is -0.222. The highest BCUT2D eigenvalue weighted by atomic mass is 32.2. The molecular weight excluding hydrogens is 810 g/mol. The summed E-state index contributed by atoms with van der Waals surface area (Å²) in [5, 5.41) is 13.7. The molecule has 2 aliphatic carbocycles. The number of alkyl halides is 4. The number of hydrogen-bond acceptors (Lipinski definition) is 9. The van der Waals surface area contributed by atoms with Crippen LogP contribution in [0.2, 0.25) is 0 Å². The van der Waals surface area contributed by atoms with Gasteiger partial charge in [-0.3, -0.25) is 24.0 Å². The molecule has 4 amide bonds. The monoisotopic (exact) mass is 857 g/mol. The van der Waals surface area contributed by atoms with Crippen LogP contribution in [-0.4, -0.2) is 113 Å². The molecule has 7 atom stereocenters. The van der Waals surface area contributed by atoms with Gasteiger partial charge in [-0.1, -0.05) is 26.0 Å². The van der Waals surface area contributed by atoms with Crippen molar-refractivity contribution < 1.29 is 64.1 Å². The van der Waals surface area contributed by atoms with E-state index in [2.05, 4.69) is 10.3 Å². The second-order valence-electron chi connectivity index (χ2n) is 16.8. The number of nitrogens with one attached hydrogen (secondary N) is 2. The predicted octanol–water partition coefficient (Wildman–Crippen LogP) is 5.26. The zero-order valence-corrected chi connectivity index (χ0v) is 34.0. The van der Waals surface area contributed by atoms with Crippen LogP contribution in [0, 0.1) is 23.6 Å². The number of hydrogen-bond donors (Lipinski definition) is 3. The van der Waals surface area contributed by atoms with E-state index in [9.17, 15) is 54.7 Å². The van der Waals surface area contributed by atoms with Gasteiger partial charge >= 0.3 is 12.3 Å². The van der Waals surface area contributed by atoms with Gasteiger partial charge in [0.25, 0.3) is 5.91 Å². The number of ether oxygens (including phenoxy) is 2. The second kappa shape index (κ2) is 15.7. The SMILES string of the molecule is COc1cc2ccnc(O[C@@H]3C[C@H]4C(=O)N[C@]5(C(=O)NS(=O)(=O)C6(CF)CC6)C[C@H]5C=CCC[C@H](C)C[C@@H](C)[C@H](N(C(=O)O)C(C)(C)C(F)(F)F)C(=O)N4C3)c2cc1F. The molecule has 6 rings (SSSR count). The number of carbonyl (C=O) groups is 4. The molecule has 14 nitrogen and oxygen atoms in total. The molecule has 0 unspecified atom stereocenters. The van der Waals surface area contributed by atoms with Crippen molar-refractivity contribution in [3.8, 4) is 11.6 Å². The Morgan fingerprint density at radius 2 is 1.85 bits per heavy atom. The number of carboxylic acid groups (broad SMARTS) is 1. The number of aromatic nitrogens is 1. The van der Waals surface area contributed by atoms with E-state index < -0.39 is 105 Å². The van der Waals surface area contributed by atoms with Crippen molar-refractivity contribution in [2.24, 2.45) is 17.8 Å². The topological polar surface area (TPSA) is 185 Å². The molecule has 3 fully saturated rings. The number of amides is 4. The molecular formula is C39H48F5N5O9S. The molecule has 2 aromatic rings. The van der Waals surface area contributed by atoms with Crippen molar-refractivity contribution in [2.45, 2.75) is 113 Å². The molecule has 0 radical (unpaired) electrons. The summed E-state index contributed by atoms with van der Waals surface area (Å²) in [5.74, 6) is -6.23. The lowest BCUT2D eigenvalue weighted by Crippen LogP contribution is -2.66. The first-order chi connectivity index (χ1) is 27.5. The van der Waals surface area contributed by atoms with Crippen LogP contribution in [0.3, 0.4) is 0 Å². The minimum absolute atomic E-state index is 0.0165. The van der Waals surface area contributed by atoms with Gasteiger partial charge in [-0.05, 0) is 87.8 Å². The van der Waals surface area contributed by atoms with Crippen LogP contribution >= 0.6 is 0 Å². The van der Waals surface area contributed by atoms with Gasteiger partial charge in [0.05, 0.1) is 13.7 Å². The Bertz CT molecular complexity index is 2150. The molecule has 1 aromatic carbocycles. The zero-order chi connectivity index (χ0) is 43.5. The first-order valence-electron chi connectivity index (χ1n) is 19.3. The number of allylic oxidation sites excluding steroid dienone is 1. The number of rotatable bonds is 9. The molecule has 0 bridgehead atoms. The first kappa shape index (κ1) is 43.8. The number of carbonyl (C=O) groups excluding carboxylic acids is 3. The van der Waals surface area contributed by atoms with Gasteiger partial charge in [-0.15, -0.1) is 0 Å². The summed E-state index contributed by atoms with van der Waals surface area (Å²) in [7, 11) is -3.25. The zero-order valence-electron chi connectivity index (χ0n) is 33.1. The van der Waals surface area contributed by atoms with Gasteiger partial charge in [-0.2, -0.15) is 13.2 Å². The fourth-order valence-electron chi connectivity index (χ4n) is 8.29. The Morgan fingerprint density at radius 3 is 2.46 bits per heavy atom. The Labute approximate surface area is 337 Å². The Morgan fingerprint density at radius 1 is 1.15 bits per heavy atom. The van der Waals surface area contributed by atoms with Gasteiger partial charge in [-0.25, -0.2) is 27.0 Å². The Hall–Kier alpha value is -4.75. The molecule has 0 spiro atoms. The molecule has 59 heavy (non-hydrogen) atoms. The van der Waals surface area contributed by atoms with E-state index in [4.69, 9.17) is 9.47 Å². The van der Waals surface area contributed by atoms with Gasteiger partial charge in [0.15, 0.2) is 11.6 Å². The second-order valence-corrected chi connectivity index (χ2v) is 18.9. The van der Waals surface area contributed by atoms with Crippen molar-refractivity contribution in [2.75, 3.05) is 20.3 Å². The number of sulfonamides is 1. The van der Waals surface area contributed by atoms with Crippen LogP contribution in [-0.2, 0) is 24.4 Å². The first-order valence-corrected chi connectivity index (χ1v) is 20.8. The lowest BCUT2D eigenvalue weighted by atomic mass is 9.85. The van der Waals surface area contributed by atoms with E-state index in [1.165, 1.54) is 26.3 Å². The minimum atomic E-state index is -5.15. The molecule has 20 heteroatoms. The van der Waals surface area contributed by atoms with Crippen LogP contribution in [0.4, 0.5) is 26.7 Å². The van der Waals surface area contributed by atoms with Crippen LogP contribution in [0.5, 0.6) is 11.6 Å². The fourth-order valence-corrected chi connectivity index (χ4v) is 9.72. The van der Waals surface area contributed by atoms with Gasteiger partial charge in [0, 0.05) is 23.9 Å². The minimum Gasteiger partial charge on any atom is -0.494 e. The number of benzene rings is 1. The Balaban J connectivity index is 1.43. The summed E-state index contributed by atoms with van der Waals surface area (Å²) >= 11 is 0. The Kier molecular flexibility index (Phi) is 11.7. The third-order valence-corrected chi connectivity index (χ3v) is 14.4. The molecule has 2 saturated carbocycles. The third kappa shape index (κ3) is 8.12. The maximum absolute atomic E-state index is 14.9. The van der Waals surface area contributed by atoms with Crippen molar-refractivity contribution in [1.82, 2.24) is 24.8 Å². The summed E-state index contributed by atoms with van der Waals surface area (Å²) in [6.07, 6.45) is -3.12. The van der Waals surface area contributed by atoms with Crippen molar-refractivity contribution in [1.29, 1.82) is 0 Å². The average molecular weight is 858 g/mol. The molecule has 3 heterocycles. The maximum Gasteiger partial charge on any atom is 0.411 e. The van der Waals surface area contributed by atoms with Crippen LogP contribution in [0.1, 0.15) is 72.6 Å². The van der Waals surface area contributed by atoms with Crippen LogP contribution in [0.15, 0.2) is 36.5 Å². The van der Waals surface area contributed by atoms with E-state index in [1.807, 2.05) is 4.72 Å². The largest absolute Gasteiger partial charge is 0.494 e. The normalized spacial score (nSPS) is 28.7. The fraction of sp³-hybridized carbons (Fsp3) is 0.615. The number of methoxy groups -OCH3 is 1. The molecule has 324 valence electrons. The molecule has 2 aliphatic heterocycles. The van der Waals surface area contributed by atoms with Crippen LogP contribution in [0.25, 0.3) is 10.8 Å². The summed E-state index contributed by atoms with van der Waals surface area (Å²) in [5.41, 5.74) is -4.97. The highest BCUT2D eigenvalue weighted by Gasteiger charge is 2.64. The van der Waals surface area contributed by atoms with Crippen molar-refractivity contribution in [3.63, 3.8) is 0 Å². The number of halogens is 5.